The number of aromatic nitrogens is 2. The van der Waals surface area contributed by atoms with E-state index in [-0.39, 0.29) is 11.2 Å². The lowest BCUT2D eigenvalue weighted by Crippen LogP contribution is -2.31. The van der Waals surface area contributed by atoms with Crippen LogP contribution in [-0.2, 0) is 11.2 Å². The third kappa shape index (κ3) is 2.84. The molecule has 0 aliphatic carbocycles. The van der Waals surface area contributed by atoms with Crippen LogP contribution in [-0.4, -0.2) is 28.2 Å². The van der Waals surface area contributed by atoms with Gasteiger partial charge < -0.3 is 5.32 Å². The number of hydrogen-bond acceptors (Lipinski definition) is 4. The third-order valence-electron chi connectivity index (χ3n) is 4.53. The van der Waals surface area contributed by atoms with Crippen LogP contribution in [0.1, 0.15) is 18.2 Å². The molecule has 3 amide bonds. The molecule has 1 saturated heterocycles. The maximum atomic E-state index is 14.3. The highest BCUT2D eigenvalue weighted by atomic mass is 19.1. The normalized spacial score (nSPS) is 16.8. The van der Waals surface area contributed by atoms with Crippen molar-refractivity contribution >= 4 is 28.4 Å². The van der Waals surface area contributed by atoms with E-state index in [9.17, 15) is 18.8 Å². The highest BCUT2D eigenvalue weighted by Gasteiger charge is 2.37. The number of halogens is 1. The molecule has 0 bridgehead atoms. The molecule has 1 aliphatic heterocycles. The molecule has 1 aromatic heterocycles. The van der Waals surface area contributed by atoms with Gasteiger partial charge >= 0.3 is 6.03 Å². The fraction of sp³-hybridized carbons (Fsp3) is 0.158. The molecule has 3 aromatic rings. The Hall–Kier alpha value is -3.55. The second-order valence-electron chi connectivity index (χ2n) is 6.35. The SMILES string of the molecule is C[C@H]1NC(=O)N(c2cc(Cc3n[nH]c(=O)c4ccccc34)ccc2F)C1=O. The molecule has 27 heavy (non-hydrogen) atoms. The van der Waals surface area contributed by atoms with Crippen molar-refractivity contribution in [2.24, 2.45) is 0 Å². The Kier molecular flexibility index (Phi) is 3.95. The van der Waals surface area contributed by atoms with Crippen LogP contribution in [0.2, 0.25) is 0 Å². The van der Waals surface area contributed by atoms with Crippen molar-refractivity contribution in [3.05, 3.63) is 69.9 Å². The number of imide groups is 1. The van der Waals surface area contributed by atoms with E-state index in [0.29, 0.717) is 28.5 Å². The second-order valence-corrected chi connectivity index (χ2v) is 6.35. The molecule has 8 heteroatoms. The molecule has 2 heterocycles. The van der Waals surface area contributed by atoms with Crippen LogP contribution >= 0.6 is 0 Å². The van der Waals surface area contributed by atoms with Gasteiger partial charge in [0.1, 0.15) is 11.9 Å². The van der Waals surface area contributed by atoms with E-state index in [1.807, 2.05) is 0 Å². The van der Waals surface area contributed by atoms with Crippen molar-refractivity contribution < 1.29 is 14.0 Å². The summed E-state index contributed by atoms with van der Waals surface area (Å²) in [5.74, 6) is -1.18. The minimum Gasteiger partial charge on any atom is -0.326 e. The van der Waals surface area contributed by atoms with Crippen molar-refractivity contribution in [2.75, 3.05) is 4.90 Å². The number of anilines is 1. The van der Waals surface area contributed by atoms with E-state index in [1.165, 1.54) is 12.1 Å². The number of H-pyrrole nitrogens is 1. The molecule has 1 atom stereocenters. The lowest BCUT2D eigenvalue weighted by atomic mass is 10.0. The number of aromatic amines is 1. The third-order valence-corrected chi connectivity index (χ3v) is 4.53. The number of carbonyl (C=O) groups is 2. The van der Waals surface area contributed by atoms with Crippen molar-refractivity contribution in [3.63, 3.8) is 0 Å². The van der Waals surface area contributed by atoms with Crippen LogP contribution in [0, 0.1) is 5.82 Å². The Morgan fingerprint density at radius 2 is 1.85 bits per heavy atom. The molecule has 0 saturated carbocycles. The van der Waals surface area contributed by atoms with E-state index in [0.717, 1.165) is 4.90 Å². The van der Waals surface area contributed by atoms with Gasteiger partial charge in [-0.25, -0.2) is 19.2 Å². The molecule has 136 valence electrons. The predicted molar refractivity (Wildman–Crippen MR) is 97.0 cm³/mol. The highest BCUT2D eigenvalue weighted by molar-refractivity contribution is 6.21. The van der Waals surface area contributed by atoms with Gasteiger partial charge in [-0.1, -0.05) is 24.3 Å². The standard InChI is InChI=1S/C19H15FN4O3/c1-10-18(26)24(19(27)21-10)16-9-11(6-7-14(16)20)8-15-12-4-2-3-5-13(12)17(25)23-22-15/h2-7,9-10H,8H2,1H3,(H,21,27)(H,23,25)/t10-/m1/s1. The minimum absolute atomic E-state index is 0.104. The smallest absolute Gasteiger partial charge is 0.326 e. The molecule has 4 rings (SSSR count). The lowest BCUT2D eigenvalue weighted by molar-refractivity contribution is -0.118. The summed E-state index contributed by atoms with van der Waals surface area (Å²) in [7, 11) is 0. The minimum atomic E-state index is -0.703. The second kappa shape index (κ2) is 6.31. The van der Waals surface area contributed by atoms with Crippen LogP contribution in [0.25, 0.3) is 10.8 Å². The van der Waals surface area contributed by atoms with Crippen molar-refractivity contribution in [2.45, 2.75) is 19.4 Å². The summed E-state index contributed by atoms with van der Waals surface area (Å²) in [5.41, 5.74) is 0.861. The molecule has 1 fully saturated rings. The van der Waals surface area contributed by atoms with Gasteiger partial charge in [-0.2, -0.15) is 5.10 Å². The Balaban J connectivity index is 1.75. The van der Waals surface area contributed by atoms with Crippen molar-refractivity contribution in [3.8, 4) is 0 Å². The van der Waals surface area contributed by atoms with Crippen LogP contribution in [0.5, 0.6) is 0 Å². The number of fused-ring (bicyclic) bond motifs is 1. The molecule has 2 N–H and O–H groups in total. The molecule has 0 radical (unpaired) electrons. The summed E-state index contributed by atoms with van der Waals surface area (Å²) in [5, 5.41) is 10.2. The van der Waals surface area contributed by atoms with Gasteiger partial charge in [0.15, 0.2) is 0 Å². The first-order valence-electron chi connectivity index (χ1n) is 8.35. The number of amides is 3. The van der Waals surface area contributed by atoms with Crippen LogP contribution in [0.4, 0.5) is 14.9 Å². The zero-order valence-electron chi connectivity index (χ0n) is 14.3. The summed E-state index contributed by atoms with van der Waals surface area (Å²) < 4.78 is 14.3. The molecule has 7 nitrogen and oxygen atoms in total. The Bertz CT molecular complexity index is 1140. The lowest BCUT2D eigenvalue weighted by Gasteiger charge is -2.15. The average molecular weight is 366 g/mol. The summed E-state index contributed by atoms with van der Waals surface area (Å²) >= 11 is 0. The fourth-order valence-corrected chi connectivity index (χ4v) is 3.17. The van der Waals surface area contributed by atoms with Gasteiger partial charge in [-0.15, -0.1) is 0 Å². The fourth-order valence-electron chi connectivity index (χ4n) is 3.17. The van der Waals surface area contributed by atoms with Crippen LogP contribution in [0.3, 0.4) is 0 Å². The van der Waals surface area contributed by atoms with E-state index in [4.69, 9.17) is 0 Å². The van der Waals surface area contributed by atoms with Gasteiger partial charge in [0.05, 0.1) is 16.8 Å². The van der Waals surface area contributed by atoms with Crippen molar-refractivity contribution in [1.29, 1.82) is 0 Å². The number of urea groups is 1. The molecular weight excluding hydrogens is 351 g/mol. The zero-order valence-corrected chi connectivity index (χ0v) is 14.3. The molecule has 0 spiro atoms. The largest absolute Gasteiger partial charge is 0.329 e. The summed E-state index contributed by atoms with van der Waals surface area (Å²) in [4.78, 5) is 36.9. The van der Waals surface area contributed by atoms with Gasteiger partial charge in [0, 0.05) is 11.8 Å². The molecule has 1 aliphatic rings. The van der Waals surface area contributed by atoms with E-state index in [1.54, 1.807) is 37.3 Å². The Morgan fingerprint density at radius 3 is 2.56 bits per heavy atom. The van der Waals surface area contributed by atoms with Crippen LogP contribution in [0.15, 0.2) is 47.3 Å². The average Bonchev–Trinajstić information content (AvgIpc) is 2.91. The number of carbonyl (C=O) groups excluding carboxylic acids is 2. The first-order valence-corrected chi connectivity index (χ1v) is 8.35. The number of nitrogens with one attached hydrogen (secondary N) is 2. The van der Waals surface area contributed by atoms with E-state index < -0.39 is 23.8 Å². The predicted octanol–water partition coefficient (Wildman–Crippen LogP) is 2.10. The van der Waals surface area contributed by atoms with E-state index >= 15 is 0 Å². The maximum Gasteiger partial charge on any atom is 0.329 e. The first kappa shape index (κ1) is 16.9. The van der Waals surface area contributed by atoms with Crippen LogP contribution < -0.4 is 15.8 Å². The summed E-state index contributed by atoms with van der Waals surface area (Å²) in [6, 6.07) is 9.91. The number of rotatable bonds is 3. The van der Waals surface area contributed by atoms with Gasteiger partial charge in [0.25, 0.3) is 11.5 Å². The Morgan fingerprint density at radius 1 is 1.11 bits per heavy atom. The highest BCUT2D eigenvalue weighted by Crippen LogP contribution is 2.26. The van der Waals surface area contributed by atoms with Gasteiger partial charge in [-0.05, 0) is 30.7 Å². The maximum absolute atomic E-state index is 14.3. The van der Waals surface area contributed by atoms with E-state index in [2.05, 4.69) is 15.5 Å². The van der Waals surface area contributed by atoms with Gasteiger partial charge in [0.2, 0.25) is 0 Å². The van der Waals surface area contributed by atoms with Crippen molar-refractivity contribution in [1.82, 2.24) is 15.5 Å². The molecular formula is C19H15FN4O3. The number of benzene rings is 2. The molecule has 0 unspecified atom stereocenters. The monoisotopic (exact) mass is 366 g/mol. The number of nitrogens with zero attached hydrogens (tertiary/aromatic N) is 2. The van der Waals surface area contributed by atoms with Gasteiger partial charge in [-0.3, -0.25) is 9.59 Å². The summed E-state index contributed by atoms with van der Waals surface area (Å²) in [6.45, 7) is 1.54. The quantitative estimate of drug-likeness (QED) is 0.694. The molecule has 2 aromatic carbocycles. The first-order chi connectivity index (χ1) is 13.0. The Labute approximate surface area is 152 Å². The zero-order chi connectivity index (χ0) is 19.1. The summed E-state index contributed by atoms with van der Waals surface area (Å²) in [6.07, 6.45) is 0.295. The number of hydrogen-bond donors (Lipinski definition) is 2. The topological polar surface area (TPSA) is 95.2 Å².